The number of rotatable bonds is 17. The molecule has 0 N–H and O–H groups in total. The minimum Gasteiger partial charge on any atom is -0.497 e. The van der Waals surface area contributed by atoms with Crippen molar-refractivity contribution in [1.82, 2.24) is 0 Å². The molecular weight excluding hydrogens is 849 g/mol. The maximum atomic E-state index is 7.57. The number of fused-ring (bicyclic) bond motifs is 1. The summed E-state index contributed by atoms with van der Waals surface area (Å²) >= 11 is 0. The van der Waals surface area contributed by atoms with Crippen LogP contribution in [0.25, 0.3) is 0 Å². The molecule has 3 heterocycles. The number of methoxy groups -OCH3 is 2. The van der Waals surface area contributed by atoms with Crippen LogP contribution in [0.1, 0.15) is 107 Å². The molecule has 63 heavy (non-hydrogen) atoms. The van der Waals surface area contributed by atoms with Crippen molar-refractivity contribution < 1.29 is 51.2 Å². The van der Waals surface area contributed by atoms with Gasteiger partial charge in [0.2, 0.25) is 8.32 Å². The van der Waals surface area contributed by atoms with E-state index in [4.69, 9.17) is 51.2 Å². The summed E-state index contributed by atoms with van der Waals surface area (Å²) in [5, 5.41) is -0.267. The van der Waals surface area contributed by atoms with E-state index in [0.717, 1.165) is 16.9 Å². The van der Waals surface area contributed by atoms with Gasteiger partial charge in [0.1, 0.15) is 48.5 Å². The van der Waals surface area contributed by atoms with Crippen LogP contribution in [0, 0.1) is 0 Å². The van der Waals surface area contributed by atoms with Gasteiger partial charge in [-0.05, 0) is 77.5 Å². The second kappa shape index (κ2) is 20.8. The first-order valence-electron chi connectivity index (χ1n) is 23.4. The lowest BCUT2D eigenvalue weighted by Crippen LogP contribution is -2.69. The van der Waals surface area contributed by atoms with Crippen molar-refractivity contribution in [3.05, 3.63) is 65.7 Å². The van der Waals surface area contributed by atoms with Gasteiger partial charge >= 0.3 is 0 Å². The van der Waals surface area contributed by atoms with Crippen molar-refractivity contribution in [2.75, 3.05) is 20.8 Å². The molecular formula is C49H84O11Si3. The number of benzene rings is 2. The summed E-state index contributed by atoms with van der Waals surface area (Å²) in [5.41, 5.74) is 2.87. The van der Waals surface area contributed by atoms with Crippen molar-refractivity contribution in [2.45, 2.75) is 217 Å². The van der Waals surface area contributed by atoms with Crippen molar-refractivity contribution in [3.63, 3.8) is 0 Å². The van der Waals surface area contributed by atoms with Gasteiger partial charge in [-0.3, -0.25) is 0 Å². The number of hydrogen-bond donors (Lipinski definition) is 0. The standard InChI is InChI=1S/C49H84O11Si3/c1-31(2)63(32(3)4,33(5)6)60-47-44(59-62(18,19)49(11,12)13)42(39(51-15)34(7)54-47)57-46-43(58-61(16,17)48(8,9)10)41(52-29-35-25-27-37(50-14)28-26-35)40-38(55-46)30-53-45(56-40)36-23-21-20-22-24-36/h20-28,31-34,38-47H,29-30H2,1-19H3/t34-,38-,39+,40-,41+,42+,43+,44-,45-,46+,47+/m1/s1. The predicted octanol–water partition coefficient (Wildman–Crippen LogP) is 11.5. The van der Waals surface area contributed by atoms with Gasteiger partial charge in [0.05, 0.1) is 26.4 Å². The second-order valence-corrected chi connectivity index (χ2v) is 36.9. The molecule has 358 valence electrons. The summed E-state index contributed by atoms with van der Waals surface area (Å²) in [4.78, 5) is 0. The first-order valence-corrected chi connectivity index (χ1v) is 31.3. The lowest BCUT2D eigenvalue weighted by molar-refractivity contribution is -0.384. The molecule has 0 radical (unpaired) electrons. The first-order chi connectivity index (χ1) is 29.3. The van der Waals surface area contributed by atoms with Gasteiger partial charge in [0, 0.05) is 12.7 Å². The molecule has 0 aliphatic carbocycles. The fourth-order valence-corrected chi connectivity index (χ4v) is 17.1. The summed E-state index contributed by atoms with van der Waals surface area (Å²) in [7, 11) is -4.16. The third kappa shape index (κ3) is 11.6. The Morgan fingerprint density at radius 3 is 1.67 bits per heavy atom. The first kappa shape index (κ1) is 52.5. The highest BCUT2D eigenvalue weighted by atomic mass is 28.4. The fraction of sp³-hybridized carbons (Fsp3) is 0.755. The van der Waals surface area contributed by atoms with Crippen LogP contribution in [0.4, 0.5) is 0 Å². The van der Waals surface area contributed by atoms with Crippen molar-refractivity contribution >= 4 is 25.0 Å². The third-order valence-corrected chi connectivity index (χ3v) is 29.8. The maximum Gasteiger partial charge on any atom is 0.203 e. The van der Waals surface area contributed by atoms with Crippen LogP contribution in [0.5, 0.6) is 5.75 Å². The largest absolute Gasteiger partial charge is 0.497 e. The number of hydrogen-bond acceptors (Lipinski definition) is 11. The van der Waals surface area contributed by atoms with Gasteiger partial charge in [-0.15, -0.1) is 0 Å². The van der Waals surface area contributed by atoms with Gasteiger partial charge in [-0.1, -0.05) is 126 Å². The Balaban J connectivity index is 1.65. The van der Waals surface area contributed by atoms with Crippen LogP contribution in [-0.4, -0.2) is 107 Å². The Hall–Kier alpha value is -1.51. The smallest absolute Gasteiger partial charge is 0.203 e. The molecule has 0 saturated carbocycles. The Morgan fingerprint density at radius 1 is 0.635 bits per heavy atom. The molecule has 3 saturated heterocycles. The molecule has 14 heteroatoms. The molecule has 0 aromatic heterocycles. The van der Waals surface area contributed by atoms with Crippen LogP contribution in [-0.2, 0) is 53.0 Å². The highest BCUT2D eigenvalue weighted by Gasteiger charge is 2.59. The van der Waals surface area contributed by atoms with E-state index in [9.17, 15) is 0 Å². The summed E-state index contributed by atoms with van der Waals surface area (Å²) in [5.74, 6) is 0.779. The fourth-order valence-electron chi connectivity index (χ4n) is 9.14. The predicted molar refractivity (Wildman–Crippen MR) is 257 cm³/mol. The summed E-state index contributed by atoms with van der Waals surface area (Å²) < 4.78 is 76.6. The summed E-state index contributed by atoms with van der Waals surface area (Å²) in [6.45, 7) is 38.9. The van der Waals surface area contributed by atoms with E-state index in [1.54, 1.807) is 14.2 Å². The average molecular weight is 933 g/mol. The molecule has 0 spiro atoms. The lowest BCUT2D eigenvalue weighted by Gasteiger charge is -2.55. The normalized spacial score (nSPS) is 30.2. The van der Waals surface area contributed by atoms with Crippen LogP contribution in [0.2, 0.25) is 52.9 Å². The van der Waals surface area contributed by atoms with Gasteiger partial charge < -0.3 is 51.2 Å². The third-order valence-electron chi connectivity index (χ3n) is 14.7. The molecule has 3 aliphatic heterocycles. The quantitative estimate of drug-likeness (QED) is 0.142. The summed E-state index contributed by atoms with van der Waals surface area (Å²) in [6.07, 6.45) is -6.91. The van der Waals surface area contributed by atoms with Crippen LogP contribution in [0.3, 0.4) is 0 Å². The molecule has 3 aliphatic rings. The minimum atomic E-state index is -2.54. The molecule has 5 rings (SSSR count). The van der Waals surface area contributed by atoms with E-state index < -0.39 is 92.7 Å². The Bertz CT molecular complexity index is 1690. The van der Waals surface area contributed by atoms with Crippen LogP contribution in [0.15, 0.2) is 54.6 Å². The Morgan fingerprint density at radius 2 is 1.17 bits per heavy atom. The number of ether oxygens (including phenoxy) is 8. The topological polar surface area (TPSA) is 102 Å². The van der Waals surface area contributed by atoms with E-state index in [-0.39, 0.29) is 16.7 Å². The van der Waals surface area contributed by atoms with Crippen molar-refractivity contribution in [2.24, 2.45) is 0 Å². The van der Waals surface area contributed by atoms with Crippen LogP contribution < -0.4 is 4.74 Å². The zero-order chi connectivity index (χ0) is 46.9. The molecule has 0 amide bonds. The molecule has 11 nitrogen and oxygen atoms in total. The minimum absolute atomic E-state index is 0.120. The van der Waals surface area contributed by atoms with Crippen molar-refractivity contribution in [1.29, 1.82) is 0 Å². The highest BCUT2D eigenvalue weighted by molar-refractivity contribution is 6.77. The van der Waals surface area contributed by atoms with E-state index in [2.05, 4.69) is 109 Å². The highest BCUT2D eigenvalue weighted by Crippen LogP contribution is 2.48. The van der Waals surface area contributed by atoms with E-state index in [1.165, 1.54) is 0 Å². The Labute approximate surface area is 384 Å². The molecule has 11 atom stereocenters. The zero-order valence-corrected chi connectivity index (χ0v) is 45.2. The molecule has 3 fully saturated rings. The Kier molecular flexibility index (Phi) is 17.3. The molecule has 2 aromatic carbocycles. The second-order valence-electron chi connectivity index (χ2n) is 22.0. The SMILES string of the molecule is COc1ccc(CO[C@@H]2[C@H](O[Si](C)(C)C(C)(C)C)[C@H](O[C@H]3[C@@H](OC)[C@@H](C)O[C@@H](O[Si](C(C)C)(C(C)C)C(C)C)[C@@H]3O[Si](C)(C)C(C)(C)C)O[C@@H]3CO[C@@H](c4ccccc4)O[C@@H]23)cc1. The zero-order valence-electron chi connectivity index (χ0n) is 42.2. The lowest BCUT2D eigenvalue weighted by atomic mass is 9.96. The maximum absolute atomic E-state index is 7.57. The van der Waals surface area contributed by atoms with E-state index >= 15 is 0 Å². The molecule has 0 bridgehead atoms. The molecule has 2 aromatic rings. The van der Waals surface area contributed by atoms with Crippen LogP contribution >= 0.6 is 0 Å². The van der Waals surface area contributed by atoms with Gasteiger partial charge in [0.25, 0.3) is 0 Å². The average Bonchev–Trinajstić information content (AvgIpc) is 3.20. The van der Waals surface area contributed by atoms with E-state index in [1.807, 2.05) is 61.5 Å². The van der Waals surface area contributed by atoms with Crippen molar-refractivity contribution in [3.8, 4) is 5.75 Å². The van der Waals surface area contributed by atoms with Gasteiger partial charge in [-0.25, -0.2) is 0 Å². The molecule has 0 unspecified atom stereocenters. The van der Waals surface area contributed by atoms with E-state index in [0.29, 0.717) is 23.2 Å². The van der Waals surface area contributed by atoms with Gasteiger partial charge in [0.15, 0.2) is 35.5 Å². The monoisotopic (exact) mass is 933 g/mol. The van der Waals surface area contributed by atoms with Gasteiger partial charge in [-0.2, -0.15) is 0 Å². The summed E-state index contributed by atoms with van der Waals surface area (Å²) in [6, 6.07) is 18.0.